The van der Waals surface area contributed by atoms with E-state index in [1.807, 2.05) is 0 Å². The van der Waals surface area contributed by atoms with Crippen molar-refractivity contribution in [1.29, 1.82) is 0 Å². The van der Waals surface area contributed by atoms with Gasteiger partial charge in [-0.15, -0.1) is 0 Å². The summed E-state index contributed by atoms with van der Waals surface area (Å²) in [5, 5.41) is 4.58. The second-order valence-electron chi connectivity index (χ2n) is 4.21. The number of aryl methyl sites for hydroxylation is 1. The molecule has 0 N–H and O–H groups in total. The number of likely N-dealkylation sites (tertiary alicyclic amines) is 1. The topological polar surface area (TPSA) is 21.1 Å². The summed E-state index contributed by atoms with van der Waals surface area (Å²) in [6, 6.07) is 0.620. The van der Waals surface area contributed by atoms with Gasteiger partial charge in [0.05, 0.1) is 15.3 Å². The molecule has 0 amide bonds. The molecule has 0 aromatic carbocycles. The molecule has 1 fully saturated rings. The molecule has 0 saturated carbocycles. The lowest BCUT2D eigenvalue weighted by atomic mass is 10.1. The van der Waals surface area contributed by atoms with E-state index in [0.29, 0.717) is 6.04 Å². The predicted molar refractivity (Wildman–Crippen MR) is 70.1 cm³/mol. The Balaban J connectivity index is 2.01. The van der Waals surface area contributed by atoms with Crippen LogP contribution in [0.2, 0.25) is 0 Å². The molecular formula is C11H18IN3. The van der Waals surface area contributed by atoms with Crippen molar-refractivity contribution >= 4 is 22.6 Å². The van der Waals surface area contributed by atoms with Gasteiger partial charge in [-0.25, -0.2) is 0 Å². The molecular weight excluding hydrogens is 301 g/mol. The average Bonchev–Trinajstić information content (AvgIpc) is 2.59. The van der Waals surface area contributed by atoms with Gasteiger partial charge in [0.2, 0.25) is 0 Å². The molecule has 4 heteroatoms. The van der Waals surface area contributed by atoms with Crippen LogP contribution in [0.3, 0.4) is 0 Å². The maximum absolute atomic E-state index is 4.58. The first-order valence-corrected chi connectivity index (χ1v) is 6.72. The molecule has 15 heavy (non-hydrogen) atoms. The average molecular weight is 319 g/mol. The Morgan fingerprint density at radius 3 is 2.60 bits per heavy atom. The summed E-state index contributed by atoms with van der Waals surface area (Å²) in [5.74, 6) is 0. The molecule has 0 radical (unpaired) electrons. The van der Waals surface area contributed by atoms with Gasteiger partial charge in [-0.05, 0) is 48.9 Å². The molecule has 0 atom stereocenters. The van der Waals surface area contributed by atoms with E-state index >= 15 is 0 Å². The number of piperidine rings is 1. The fourth-order valence-electron chi connectivity index (χ4n) is 2.15. The van der Waals surface area contributed by atoms with Crippen molar-refractivity contribution in [2.24, 2.45) is 0 Å². The molecule has 0 bridgehead atoms. The van der Waals surface area contributed by atoms with Crippen LogP contribution in [0.4, 0.5) is 0 Å². The normalized spacial score (nSPS) is 19.7. The number of rotatable bonds is 2. The van der Waals surface area contributed by atoms with Gasteiger partial charge in [0.1, 0.15) is 0 Å². The molecule has 1 aliphatic heterocycles. The molecule has 3 nitrogen and oxygen atoms in total. The molecule has 2 rings (SSSR count). The van der Waals surface area contributed by atoms with Crippen LogP contribution < -0.4 is 0 Å². The second kappa shape index (κ2) is 4.82. The Labute approximate surface area is 105 Å². The van der Waals surface area contributed by atoms with E-state index in [1.54, 1.807) is 0 Å². The Morgan fingerprint density at radius 2 is 2.13 bits per heavy atom. The molecule has 1 saturated heterocycles. The Hall–Kier alpha value is -0.100. The lowest BCUT2D eigenvalue weighted by Gasteiger charge is -2.31. The van der Waals surface area contributed by atoms with Crippen LogP contribution in [0.25, 0.3) is 0 Å². The zero-order valence-electron chi connectivity index (χ0n) is 9.41. The number of hydrogen-bond acceptors (Lipinski definition) is 2. The summed E-state index contributed by atoms with van der Waals surface area (Å²) in [4.78, 5) is 2.51. The molecule has 2 heterocycles. The molecule has 1 aliphatic rings. The minimum Gasteiger partial charge on any atom is -0.303 e. The summed E-state index contributed by atoms with van der Waals surface area (Å²) >= 11 is 2.36. The number of halogens is 1. The highest BCUT2D eigenvalue weighted by molar-refractivity contribution is 14.1. The molecule has 0 spiro atoms. The van der Waals surface area contributed by atoms with Crippen molar-refractivity contribution in [3.8, 4) is 0 Å². The maximum Gasteiger partial charge on any atom is 0.0727 e. The first kappa shape index (κ1) is 11.4. The summed E-state index contributed by atoms with van der Waals surface area (Å²) < 4.78 is 3.45. The van der Waals surface area contributed by atoms with E-state index in [1.165, 1.54) is 36.0 Å². The third-order valence-corrected chi connectivity index (χ3v) is 4.29. The van der Waals surface area contributed by atoms with Crippen molar-refractivity contribution in [2.45, 2.75) is 32.7 Å². The van der Waals surface area contributed by atoms with Crippen LogP contribution in [0.5, 0.6) is 0 Å². The summed E-state index contributed by atoms with van der Waals surface area (Å²) in [7, 11) is 0. The van der Waals surface area contributed by atoms with Crippen LogP contribution in [-0.4, -0.2) is 34.3 Å². The largest absolute Gasteiger partial charge is 0.303 e. The Kier molecular flexibility index (Phi) is 3.66. The molecule has 1 aromatic heterocycles. The van der Waals surface area contributed by atoms with Crippen molar-refractivity contribution in [3.05, 3.63) is 15.5 Å². The van der Waals surface area contributed by atoms with Crippen molar-refractivity contribution in [1.82, 2.24) is 14.7 Å². The zero-order valence-corrected chi connectivity index (χ0v) is 11.6. The predicted octanol–water partition coefficient (Wildman–Crippen LogP) is 2.45. The fraction of sp³-hybridized carbons (Fsp3) is 0.727. The van der Waals surface area contributed by atoms with Crippen molar-refractivity contribution in [3.63, 3.8) is 0 Å². The molecule has 1 aromatic rings. The van der Waals surface area contributed by atoms with Crippen molar-refractivity contribution in [2.75, 3.05) is 19.6 Å². The van der Waals surface area contributed by atoms with Gasteiger partial charge >= 0.3 is 0 Å². The van der Waals surface area contributed by atoms with E-state index in [0.717, 1.165) is 5.69 Å². The van der Waals surface area contributed by atoms with Crippen molar-refractivity contribution < 1.29 is 0 Å². The smallest absolute Gasteiger partial charge is 0.0727 e. The minimum absolute atomic E-state index is 0.620. The van der Waals surface area contributed by atoms with Gasteiger partial charge in [-0.1, -0.05) is 6.92 Å². The van der Waals surface area contributed by atoms with Crippen LogP contribution >= 0.6 is 22.6 Å². The van der Waals surface area contributed by atoms with Crippen LogP contribution in [0, 0.1) is 10.5 Å². The van der Waals surface area contributed by atoms with E-state index < -0.39 is 0 Å². The lowest BCUT2D eigenvalue weighted by Crippen LogP contribution is -2.34. The molecule has 84 valence electrons. The Morgan fingerprint density at radius 1 is 1.47 bits per heavy atom. The highest BCUT2D eigenvalue weighted by Gasteiger charge is 2.20. The van der Waals surface area contributed by atoms with Crippen LogP contribution in [0.1, 0.15) is 31.5 Å². The van der Waals surface area contributed by atoms with Gasteiger partial charge in [0, 0.05) is 19.3 Å². The zero-order chi connectivity index (χ0) is 10.8. The van der Waals surface area contributed by atoms with Gasteiger partial charge in [0.25, 0.3) is 0 Å². The van der Waals surface area contributed by atoms with E-state index in [-0.39, 0.29) is 0 Å². The Bertz CT molecular complexity index is 307. The first-order valence-electron chi connectivity index (χ1n) is 5.64. The highest BCUT2D eigenvalue weighted by atomic mass is 127. The molecule has 0 aliphatic carbocycles. The quantitative estimate of drug-likeness (QED) is 0.781. The van der Waals surface area contributed by atoms with E-state index in [4.69, 9.17) is 0 Å². The third kappa shape index (κ3) is 2.53. The summed E-state index contributed by atoms with van der Waals surface area (Å²) in [5.41, 5.74) is 1.16. The lowest BCUT2D eigenvalue weighted by molar-refractivity contribution is 0.187. The summed E-state index contributed by atoms with van der Waals surface area (Å²) in [6.07, 6.45) is 4.66. The van der Waals surface area contributed by atoms with Crippen LogP contribution in [-0.2, 0) is 0 Å². The number of aromatic nitrogens is 2. The minimum atomic E-state index is 0.620. The molecule has 0 unspecified atom stereocenters. The maximum atomic E-state index is 4.58. The SMILES string of the molecule is CCN1CCC(n2cc(I)c(C)n2)CC1. The first-order chi connectivity index (χ1) is 7.20. The van der Waals surface area contributed by atoms with Gasteiger partial charge in [0.15, 0.2) is 0 Å². The van der Waals surface area contributed by atoms with Crippen LogP contribution in [0.15, 0.2) is 6.20 Å². The van der Waals surface area contributed by atoms with E-state index in [2.05, 4.69) is 57.3 Å². The summed E-state index contributed by atoms with van der Waals surface area (Å²) in [6.45, 7) is 7.94. The standard InChI is InChI=1S/C11H18IN3/c1-3-14-6-4-10(5-7-14)15-8-11(12)9(2)13-15/h8,10H,3-7H2,1-2H3. The van der Waals surface area contributed by atoms with E-state index in [9.17, 15) is 0 Å². The van der Waals surface area contributed by atoms with Gasteiger partial charge in [-0.3, -0.25) is 4.68 Å². The van der Waals surface area contributed by atoms with Gasteiger partial charge in [-0.2, -0.15) is 5.10 Å². The highest BCUT2D eigenvalue weighted by Crippen LogP contribution is 2.23. The second-order valence-corrected chi connectivity index (χ2v) is 5.37. The number of hydrogen-bond donors (Lipinski definition) is 0. The number of nitrogens with zero attached hydrogens (tertiary/aromatic N) is 3. The van der Waals surface area contributed by atoms with Gasteiger partial charge < -0.3 is 4.90 Å². The monoisotopic (exact) mass is 319 g/mol. The fourth-order valence-corrected chi connectivity index (χ4v) is 2.54. The third-order valence-electron chi connectivity index (χ3n) is 3.24.